The molecule has 1 saturated carbocycles. The predicted molar refractivity (Wildman–Crippen MR) is 122 cm³/mol. The maximum absolute atomic E-state index is 12.6. The fraction of sp³-hybridized carbons (Fsp3) is 0.375. The lowest BCUT2D eigenvalue weighted by Crippen LogP contribution is -2.36. The molecular weight excluding hydrogens is 406 g/mol. The first kappa shape index (κ1) is 20.5. The minimum atomic E-state index is -0.102. The number of benzene rings is 1. The summed E-state index contributed by atoms with van der Waals surface area (Å²) in [5.74, 6) is 1.74. The Morgan fingerprint density at radius 2 is 1.81 bits per heavy atom. The van der Waals surface area contributed by atoms with Crippen LogP contribution in [0.3, 0.4) is 0 Å². The standard InChI is InChI=1S/C24H27N5O3/c1-28-11-7-16(8-12-28)23(30)27-22-15-20(6-10-25-22)32-19-4-5-21-17(14-19)9-13-29(21)24(31)26-18-2-3-18/h4-6,9-10,13-16,18H,2-3,7-8,11-12H2,1H3,(H,26,31)(H,25,27,30). The Morgan fingerprint density at radius 3 is 2.59 bits per heavy atom. The summed E-state index contributed by atoms with van der Waals surface area (Å²) in [4.78, 5) is 31.5. The molecule has 0 spiro atoms. The Morgan fingerprint density at radius 1 is 1.03 bits per heavy atom. The number of carbonyl (C=O) groups excluding carboxylic acids is 2. The topological polar surface area (TPSA) is 88.5 Å². The zero-order valence-electron chi connectivity index (χ0n) is 18.1. The predicted octanol–water partition coefficient (Wildman–Crippen LogP) is 3.83. The highest BCUT2D eigenvalue weighted by atomic mass is 16.5. The number of aromatic nitrogens is 2. The number of piperidine rings is 1. The number of nitrogens with zero attached hydrogens (tertiary/aromatic N) is 3. The molecule has 2 N–H and O–H groups in total. The van der Waals surface area contributed by atoms with Crippen LogP contribution in [0.15, 0.2) is 48.8 Å². The SMILES string of the molecule is CN1CCC(C(=O)Nc2cc(Oc3ccc4c(ccn4C(=O)NC4CC4)c3)ccn2)CC1. The van der Waals surface area contributed by atoms with Crippen LogP contribution < -0.4 is 15.4 Å². The molecule has 0 unspecified atom stereocenters. The van der Waals surface area contributed by atoms with Gasteiger partial charge in [0.15, 0.2) is 0 Å². The lowest BCUT2D eigenvalue weighted by atomic mass is 9.96. The highest BCUT2D eigenvalue weighted by Crippen LogP contribution is 2.28. The van der Waals surface area contributed by atoms with Crippen LogP contribution in [0.4, 0.5) is 10.6 Å². The van der Waals surface area contributed by atoms with Crippen LogP contribution in [-0.4, -0.2) is 52.6 Å². The Kier molecular flexibility index (Phi) is 5.53. The summed E-state index contributed by atoms with van der Waals surface area (Å²) in [6, 6.07) is 11.2. The zero-order chi connectivity index (χ0) is 22.1. The summed E-state index contributed by atoms with van der Waals surface area (Å²) in [6.45, 7) is 1.86. The number of fused-ring (bicyclic) bond motifs is 1. The van der Waals surface area contributed by atoms with E-state index in [9.17, 15) is 9.59 Å². The van der Waals surface area contributed by atoms with Crippen molar-refractivity contribution < 1.29 is 14.3 Å². The van der Waals surface area contributed by atoms with Crippen molar-refractivity contribution in [1.82, 2.24) is 19.8 Å². The van der Waals surface area contributed by atoms with E-state index in [4.69, 9.17) is 4.74 Å². The third-order valence-electron chi connectivity index (χ3n) is 6.09. The summed E-state index contributed by atoms with van der Waals surface area (Å²) in [7, 11) is 2.08. The average molecular weight is 434 g/mol. The first-order valence-electron chi connectivity index (χ1n) is 11.1. The molecule has 2 aliphatic rings. The Bertz CT molecular complexity index is 1150. The van der Waals surface area contributed by atoms with Gasteiger partial charge in [0.05, 0.1) is 5.52 Å². The molecular formula is C24H27N5O3. The lowest BCUT2D eigenvalue weighted by molar-refractivity contribution is -0.121. The first-order valence-corrected chi connectivity index (χ1v) is 11.1. The normalized spacial score (nSPS) is 17.3. The van der Waals surface area contributed by atoms with Crippen molar-refractivity contribution in [3.8, 4) is 11.5 Å². The minimum Gasteiger partial charge on any atom is -0.457 e. The zero-order valence-corrected chi connectivity index (χ0v) is 18.1. The number of rotatable bonds is 5. The molecule has 1 aliphatic heterocycles. The number of likely N-dealkylation sites (tertiary alicyclic amines) is 1. The third-order valence-corrected chi connectivity index (χ3v) is 6.09. The van der Waals surface area contributed by atoms with E-state index in [-0.39, 0.29) is 17.9 Å². The number of nitrogens with one attached hydrogen (secondary N) is 2. The molecule has 166 valence electrons. The monoisotopic (exact) mass is 433 g/mol. The fourth-order valence-corrected chi connectivity index (χ4v) is 4.01. The molecule has 0 atom stereocenters. The van der Waals surface area contributed by atoms with E-state index >= 15 is 0 Å². The summed E-state index contributed by atoms with van der Waals surface area (Å²) in [5, 5.41) is 6.84. The number of pyridine rings is 1. The molecule has 8 nitrogen and oxygen atoms in total. The smallest absolute Gasteiger partial charge is 0.326 e. The van der Waals surface area contributed by atoms with E-state index in [2.05, 4.69) is 27.6 Å². The van der Waals surface area contributed by atoms with Crippen LogP contribution in [0.2, 0.25) is 0 Å². The molecule has 1 aliphatic carbocycles. The molecule has 0 radical (unpaired) electrons. The number of anilines is 1. The van der Waals surface area contributed by atoms with Gasteiger partial charge in [-0.15, -0.1) is 0 Å². The Balaban J connectivity index is 1.25. The molecule has 1 aromatic carbocycles. The van der Waals surface area contributed by atoms with Crippen LogP contribution in [0.5, 0.6) is 11.5 Å². The van der Waals surface area contributed by atoms with Crippen LogP contribution >= 0.6 is 0 Å². The van der Waals surface area contributed by atoms with Crippen molar-refractivity contribution in [3.63, 3.8) is 0 Å². The van der Waals surface area contributed by atoms with Crippen molar-refractivity contribution in [2.75, 3.05) is 25.5 Å². The van der Waals surface area contributed by atoms with Gasteiger partial charge in [0.25, 0.3) is 0 Å². The second-order valence-electron chi connectivity index (χ2n) is 8.68. The van der Waals surface area contributed by atoms with Gasteiger partial charge in [-0.1, -0.05) is 0 Å². The summed E-state index contributed by atoms with van der Waals surface area (Å²) < 4.78 is 7.63. The number of amides is 2. The molecule has 3 heterocycles. The molecule has 2 fully saturated rings. The van der Waals surface area contributed by atoms with Crippen molar-refractivity contribution in [2.24, 2.45) is 5.92 Å². The van der Waals surface area contributed by atoms with E-state index in [1.807, 2.05) is 24.3 Å². The van der Waals surface area contributed by atoms with Crippen LogP contribution in [0, 0.1) is 5.92 Å². The molecule has 32 heavy (non-hydrogen) atoms. The van der Waals surface area contributed by atoms with Gasteiger partial charge in [0.1, 0.15) is 17.3 Å². The van der Waals surface area contributed by atoms with E-state index in [0.29, 0.717) is 23.4 Å². The molecule has 8 heteroatoms. The number of carbonyl (C=O) groups is 2. The minimum absolute atomic E-state index is 0.00924. The van der Waals surface area contributed by atoms with Crippen molar-refractivity contribution in [3.05, 3.63) is 48.8 Å². The lowest BCUT2D eigenvalue weighted by Gasteiger charge is -2.27. The molecule has 5 rings (SSSR count). The van der Waals surface area contributed by atoms with E-state index < -0.39 is 0 Å². The maximum atomic E-state index is 12.6. The second kappa shape index (κ2) is 8.63. The van der Waals surface area contributed by atoms with Crippen molar-refractivity contribution >= 4 is 28.7 Å². The first-order chi connectivity index (χ1) is 15.5. The van der Waals surface area contributed by atoms with E-state index in [1.165, 1.54) is 0 Å². The van der Waals surface area contributed by atoms with Crippen molar-refractivity contribution in [1.29, 1.82) is 0 Å². The molecule has 2 amide bonds. The van der Waals surface area contributed by atoms with Gasteiger partial charge in [-0.05, 0) is 76.2 Å². The Labute approximate surface area is 186 Å². The van der Waals surface area contributed by atoms with Gasteiger partial charge in [-0.25, -0.2) is 9.78 Å². The largest absolute Gasteiger partial charge is 0.457 e. The molecule has 2 aromatic heterocycles. The second-order valence-corrected chi connectivity index (χ2v) is 8.68. The van der Waals surface area contributed by atoms with Crippen LogP contribution in [-0.2, 0) is 4.79 Å². The Hall–Kier alpha value is -3.39. The van der Waals surface area contributed by atoms with Gasteiger partial charge < -0.3 is 20.3 Å². The summed E-state index contributed by atoms with van der Waals surface area (Å²) >= 11 is 0. The molecule has 3 aromatic rings. The van der Waals surface area contributed by atoms with Gasteiger partial charge in [0.2, 0.25) is 5.91 Å². The molecule has 1 saturated heterocycles. The maximum Gasteiger partial charge on any atom is 0.326 e. The van der Waals surface area contributed by atoms with Crippen LogP contribution in [0.1, 0.15) is 25.7 Å². The van der Waals surface area contributed by atoms with Gasteiger partial charge in [-0.2, -0.15) is 0 Å². The van der Waals surface area contributed by atoms with Gasteiger partial charge in [0, 0.05) is 35.8 Å². The summed E-state index contributed by atoms with van der Waals surface area (Å²) in [6.07, 6.45) is 7.21. The van der Waals surface area contributed by atoms with E-state index in [0.717, 1.165) is 49.7 Å². The van der Waals surface area contributed by atoms with Gasteiger partial charge in [-0.3, -0.25) is 9.36 Å². The fourth-order valence-electron chi connectivity index (χ4n) is 4.01. The summed E-state index contributed by atoms with van der Waals surface area (Å²) in [5.41, 5.74) is 0.830. The highest BCUT2D eigenvalue weighted by molar-refractivity contribution is 5.93. The van der Waals surface area contributed by atoms with Crippen molar-refractivity contribution in [2.45, 2.75) is 31.7 Å². The highest BCUT2D eigenvalue weighted by Gasteiger charge is 2.25. The number of ether oxygens (including phenoxy) is 1. The van der Waals surface area contributed by atoms with Crippen LogP contribution in [0.25, 0.3) is 10.9 Å². The number of hydrogen-bond donors (Lipinski definition) is 2. The van der Waals surface area contributed by atoms with Gasteiger partial charge >= 0.3 is 6.03 Å². The molecule has 0 bridgehead atoms. The third kappa shape index (κ3) is 4.60. The quantitative estimate of drug-likeness (QED) is 0.639. The number of hydrogen-bond acceptors (Lipinski definition) is 5. The average Bonchev–Trinajstić information content (AvgIpc) is 3.50. The van der Waals surface area contributed by atoms with E-state index in [1.54, 1.807) is 29.1 Å².